The van der Waals surface area contributed by atoms with Gasteiger partial charge in [0.2, 0.25) is 0 Å². The molecule has 3 nitrogen and oxygen atoms in total. The Bertz CT molecular complexity index is 464. The minimum Gasteiger partial charge on any atom is -0.319 e. The molecule has 0 radical (unpaired) electrons. The van der Waals surface area contributed by atoms with Crippen molar-refractivity contribution in [3.05, 3.63) is 35.9 Å². The first-order valence-electron chi connectivity index (χ1n) is 5.15. The van der Waals surface area contributed by atoms with E-state index in [0.29, 0.717) is 4.90 Å². The van der Waals surface area contributed by atoms with Gasteiger partial charge < -0.3 is 5.32 Å². The summed E-state index contributed by atoms with van der Waals surface area (Å²) >= 11 is 0. The maximum Gasteiger partial charge on any atom is 0.175 e. The molecule has 0 saturated heterocycles. The van der Waals surface area contributed by atoms with E-state index in [-0.39, 0.29) is 0 Å². The second-order valence-electron chi connectivity index (χ2n) is 3.64. The van der Waals surface area contributed by atoms with Crippen molar-refractivity contribution >= 4 is 15.9 Å². The number of benzene rings is 1. The van der Waals surface area contributed by atoms with E-state index in [2.05, 4.69) is 5.32 Å². The fraction of sp³-hybridized carbons (Fsp3) is 0.333. The van der Waals surface area contributed by atoms with Gasteiger partial charge in [0, 0.05) is 6.26 Å². The van der Waals surface area contributed by atoms with Gasteiger partial charge in [-0.25, -0.2) is 8.42 Å². The van der Waals surface area contributed by atoms with Crippen molar-refractivity contribution in [1.29, 1.82) is 0 Å². The fourth-order valence-corrected chi connectivity index (χ4v) is 1.97. The molecule has 1 N–H and O–H groups in total. The molecule has 0 atom stereocenters. The van der Waals surface area contributed by atoms with Crippen LogP contribution in [0, 0.1) is 0 Å². The van der Waals surface area contributed by atoms with Crippen molar-refractivity contribution in [2.24, 2.45) is 0 Å². The predicted molar refractivity (Wildman–Crippen MR) is 67.1 cm³/mol. The van der Waals surface area contributed by atoms with Gasteiger partial charge in [-0.1, -0.05) is 24.3 Å². The van der Waals surface area contributed by atoms with Crippen LogP contribution < -0.4 is 5.32 Å². The van der Waals surface area contributed by atoms with Gasteiger partial charge in [-0.15, -0.1) is 0 Å². The highest BCUT2D eigenvalue weighted by Crippen LogP contribution is 2.12. The van der Waals surface area contributed by atoms with Crippen LogP contribution in [-0.2, 0) is 9.84 Å². The molecule has 0 aromatic heterocycles. The molecule has 1 aromatic rings. The van der Waals surface area contributed by atoms with Gasteiger partial charge in [-0.05, 0) is 37.7 Å². The number of nitrogens with one attached hydrogen (secondary N) is 1. The quantitative estimate of drug-likeness (QED) is 0.796. The van der Waals surface area contributed by atoms with Crippen molar-refractivity contribution < 1.29 is 8.42 Å². The van der Waals surface area contributed by atoms with E-state index in [1.165, 1.54) is 6.26 Å². The van der Waals surface area contributed by atoms with E-state index in [4.69, 9.17) is 0 Å². The Morgan fingerprint density at radius 1 is 1.38 bits per heavy atom. The monoisotopic (exact) mass is 239 g/mol. The zero-order chi connectivity index (χ0) is 12.0. The Labute approximate surface area is 97.1 Å². The molecule has 0 spiro atoms. The third-order valence-electron chi connectivity index (χ3n) is 2.16. The first kappa shape index (κ1) is 12.9. The second kappa shape index (κ2) is 5.82. The molecule has 0 aliphatic carbocycles. The van der Waals surface area contributed by atoms with Crippen molar-refractivity contribution in [3.8, 4) is 0 Å². The van der Waals surface area contributed by atoms with Crippen LogP contribution >= 0.6 is 0 Å². The fourth-order valence-electron chi connectivity index (χ4n) is 1.30. The Balaban J connectivity index is 2.79. The summed E-state index contributed by atoms with van der Waals surface area (Å²) in [7, 11) is -1.21. The van der Waals surface area contributed by atoms with E-state index < -0.39 is 9.84 Å². The van der Waals surface area contributed by atoms with Crippen molar-refractivity contribution in [2.75, 3.05) is 19.8 Å². The lowest BCUT2D eigenvalue weighted by atomic mass is 10.2. The van der Waals surface area contributed by atoms with Crippen LogP contribution in [0.3, 0.4) is 0 Å². The minimum absolute atomic E-state index is 0.364. The molecule has 4 heteroatoms. The van der Waals surface area contributed by atoms with Crippen LogP contribution in [0.25, 0.3) is 6.08 Å². The number of sulfone groups is 1. The van der Waals surface area contributed by atoms with E-state index in [1.54, 1.807) is 18.2 Å². The molecule has 0 heterocycles. The van der Waals surface area contributed by atoms with Crippen LogP contribution in [-0.4, -0.2) is 28.3 Å². The summed E-state index contributed by atoms with van der Waals surface area (Å²) in [5.41, 5.74) is 0.916. The third kappa shape index (κ3) is 4.16. The Hall–Kier alpha value is -1.13. The lowest BCUT2D eigenvalue weighted by molar-refractivity contribution is 0.602. The van der Waals surface area contributed by atoms with Crippen LogP contribution in [0.2, 0.25) is 0 Å². The van der Waals surface area contributed by atoms with Crippen LogP contribution in [0.4, 0.5) is 0 Å². The van der Waals surface area contributed by atoms with Gasteiger partial charge in [-0.3, -0.25) is 0 Å². The molecule has 16 heavy (non-hydrogen) atoms. The van der Waals surface area contributed by atoms with E-state index in [9.17, 15) is 8.42 Å². The summed E-state index contributed by atoms with van der Waals surface area (Å²) in [6.07, 6.45) is 6.11. The SMILES string of the molecule is CNCCC=Cc1cccc(S(C)(=O)=O)c1. The molecule has 0 aliphatic rings. The van der Waals surface area contributed by atoms with Gasteiger partial charge in [0.1, 0.15) is 0 Å². The van der Waals surface area contributed by atoms with Crippen molar-refractivity contribution in [3.63, 3.8) is 0 Å². The Morgan fingerprint density at radius 3 is 2.75 bits per heavy atom. The number of rotatable bonds is 5. The lowest BCUT2D eigenvalue weighted by Gasteiger charge is -1.99. The van der Waals surface area contributed by atoms with Crippen LogP contribution in [0.15, 0.2) is 35.2 Å². The molecule has 0 amide bonds. The highest BCUT2D eigenvalue weighted by molar-refractivity contribution is 7.90. The predicted octanol–water partition coefficient (Wildman–Crippen LogP) is 1.71. The molecule has 0 unspecified atom stereocenters. The molecule has 0 fully saturated rings. The average Bonchev–Trinajstić information content (AvgIpc) is 2.24. The zero-order valence-corrected chi connectivity index (χ0v) is 10.4. The minimum atomic E-state index is -3.11. The summed E-state index contributed by atoms with van der Waals surface area (Å²) in [6.45, 7) is 0.919. The van der Waals surface area contributed by atoms with E-state index in [1.807, 2.05) is 25.3 Å². The van der Waals surface area contributed by atoms with E-state index in [0.717, 1.165) is 18.5 Å². The largest absolute Gasteiger partial charge is 0.319 e. The summed E-state index contributed by atoms with van der Waals surface area (Å²) in [5, 5.41) is 3.04. The van der Waals surface area contributed by atoms with Gasteiger partial charge in [-0.2, -0.15) is 0 Å². The first-order chi connectivity index (χ1) is 7.54. The zero-order valence-electron chi connectivity index (χ0n) is 9.60. The van der Waals surface area contributed by atoms with Gasteiger partial charge >= 0.3 is 0 Å². The van der Waals surface area contributed by atoms with Gasteiger partial charge in [0.25, 0.3) is 0 Å². The van der Waals surface area contributed by atoms with Gasteiger partial charge in [0.05, 0.1) is 4.90 Å². The van der Waals surface area contributed by atoms with Crippen molar-refractivity contribution in [1.82, 2.24) is 5.32 Å². The normalized spacial score (nSPS) is 12.1. The topological polar surface area (TPSA) is 46.2 Å². The summed E-state index contributed by atoms with van der Waals surface area (Å²) < 4.78 is 22.7. The average molecular weight is 239 g/mol. The smallest absolute Gasteiger partial charge is 0.175 e. The molecule has 88 valence electrons. The lowest BCUT2D eigenvalue weighted by Crippen LogP contribution is -2.05. The van der Waals surface area contributed by atoms with E-state index >= 15 is 0 Å². The van der Waals surface area contributed by atoms with Crippen LogP contribution in [0.1, 0.15) is 12.0 Å². The highest BCUT2D eigenvalue weighted by atomic mass is 32.2. The highest BCUT2D eigenvalue weighted by Gasteiger charge is 2.05. The maximum absolute atomic E-state index is 11.3. The Kier molecular flexibility index (Phi) is 4.71. The first-order valence-corrected chi connectivity index (χ1v) is 7.04. The van der Waals surface area contributed by atoms with Crippen LogP contribution in [0.5, 0.6) is 0 Å². The molecular weight excluding hydrogens is 222 g/mol. The number of hydrogen-bond acceptors (Lipinski definition) is 3. The molecule has 1 rings (SSSR count). The summed E-state index contributed by atoms with van der Waals surface area (Å²) in [4.78, 5) is 0.364. The standard InChI is InChI=1S/C12H17NO2S/c1-13-9-4-3-6-11-7-5-8-12(10-11)16(2,14)15/h3,5-8,10,13H,4,9H2,1-2H3. The molecule has 0 bridgehead atoms. The molecular formula is C12H17NO2S. The maximum atomic E-state index is 11.3. The van der Waals surface area contributed by atoms with Crippen molar-refractivity contribution in [2.45, 2.75) is 11.3 Å². The summed E-state index contributed by atoms with van der Waals surface area (Å²) in [5.74, 6) is 0. The molecule has 0 aliphatic heterocycles. The molecule has 1 aromatic carbocycles. The number of hydrogen-bond donors (Lipinski definition) is 1. The summed E-state index contributed by atoms with van der Waals surface area (Å²) in [6, 6.07) is 6.95. The molecule has 0 saturated carbocycles. The van der Waals surface area contributed by atoms with Gasteiger partial charge in [0.15, 0.2) is 9.84 Å². The Morgan fingerprint density at radius 2 is 2.12 bits per heavy atom. The second-order valence-corrected chi connectivity index (χ2v) is 5.65. The third-order valence-corrected chi connectivity index (χ3v) is 3.27.